The van der Waals surface area contributed by atoms with E-state index in [9.17, 15) is 8.78 Å². The van der Waals surface area contributed by atoms with Crippen molar-refractivity contribution in [2.24, 2.45) is 5.73 Å². The zero-order valence-corrected chi connectivity index (χ0v) is 11.7. The number of nitrogens with two attached hydrogens (primary N) is 1. The highest BCUT2D eigenvalue weighted by Crippen LogP contribution is 2.22. The van der Waals surface area contributed by atoms with Crippen LogP contribution in [0.25, 0.3) is 0 Å². The molecule has 0 bridgehead atoms. The summed E-state index contributed by atoms with van der Waals surface area (Å²) < 4.78 is 26.8. The van der Waals surface area contributed by atoms with Crippen LogP contribution >= 0.6 is 22.6 Å². The van der Waals surface area contributed by atoms with E-state index in [0.717, 1.165) is 14.7 Å². The molecule has 1 atom stereocenters. The van der Waals surface area contributed by atoms with Gasteiger partial charge in [0.1, 0.15) is 11.6 Å². The molecule has 2 rings (SSSR count). The summed E-state index contributed by atoms with van der Waals surface area (Å²) in [7, 11) is 0. The second kappa shape index (κ2) is 5.75. The average Bonchev–Trinajstić information content (AvgIpc) is 2.28. The van der Waals surface area contributed by atoms with Gasteiger partial charge in [-0.2, -0.15) is 0 Å². The Morgan fingerprint density at radius 1 is 1.06 bits per heavy atom. The second-order valence-corrected chi connectivity index (χ2v) is 5.27. The lowest BCUT2D eigenvalue weighted by molar-refractivity contribution is 0.618. The van der Waals surface area contributed by atoms with Gasteiger partial charge in [-0.25, -0.2) is 8.78 Å². The molecule has 1 unspecified atom stereocenters. The van der Waals surface area contributed by atoms with Crippen LogP contribution in [0.5, 0.6) is 0 Å². The minimum Gasteiger partial charge on any atom is -0.324 e. The van der Waals surface area contributed by atoms with Crippen molar-refractivity contribution < 1.29 is 8.78 Å². The first kappa shape index (κ1) is 13.4. The number of hydrogen-bond acceptors (Lipinski definition) is 1. The molecule has 0 spiro atoms. The maximum atomic E-state index is 13.1. The number of benzene rings is 2. The molecule has 0 aromatic heterocycles. The summed E-state index contributed by atoms with van der Waals surface area (Å²) in [6.07, 6.45) is 0.527. The molecule has 94 valence electrons. The highest BCUT2D eigenvalue weighted by molar-refractivity contribution is 14.1. The lowest BCUT2D eigenvalue weighted by atomic mass is 10.00. The molecule has 2 aromatic carbocycles. The lowest BCUT2D eigenvalue weighted by Crippen LogP contribution is -2.15. The van der Waals surface area contributed by atoms with E-state index in [1.165, 1.54) is 24.3 Å². The van der Waals surface area contributed by atoms with Crippen LogP contribution in [0.4, 0.5) is 8.78 Å². The van der Waals surface area contributed by atoms with E-state index in [2.05, 4.69) is 22.6 Å². The zero-order valence-electron chi connectivity index (χ0n) is 9.54. The van der Waals surface area contributed by atoms with Crippen LogP contribution < -0.4 is 5.73 Å². The van der Waals surface area contributed by atoms with Gasteiger partial charge in [-0.3, -0.25) is 0 Å². The van der Waals surface area contributed by atoms with Gasteiger partial charge in [-0.15, -0.1) is 0 Å². The SMILES string of the molecule is NC(Cc1cccc(F)c1)c1ccc(F)cc1I. The Morgan fingerprint density at radius 3 is 2.44 bits per heavy atom. The van der Waals surface area contributed by atoms with Crippen molar-refractivity contribution >= 4 is 22.6 Å². The fourth-order valence-electron chi connectivity index (χ4n) is 1.83. The first-order chi connectivity index (χ1) is 8.56. The summed E-state index contributed by atoms with van der Waals surface area (Å²) in [5, 5.41) is 0. The number of rotatable bonds is 3. The molecular weight excluding hydrogens is 347 g/mol. The van der Waals surface area contributed by atoms with Gasteiger partial charge in [0.2, 0.25) is 0 Å². The minimum atomic E-state index is -0.277. The summed E-state index contributed by atoms with van der Waals surface area (Å²) in [6, 6.07) is 10.6. The van der Waals surface area contributed by atoms with Gasteiger partial charge in [0, 0.05) is 9.61 Å². The molecular formula is C14H12F2IN. The Hall–Kier alpha value is -1.01. The van der Waals surface area contributed by atoms with Crippen LogP contribution in [0.1, 0.15) is 17.2 Å². The van der Waals surface area contributed by atoms with Crippen molar-refractivity contribution in [3.8, 4) is 0 Å². The Kier molecular flexibility index (Phi) is 4.29. The Labute approximate surface area is 118 Å². The van der Waals surface area contributed by atoms with Gasteiger partial charge in [0.25, 0.3) is 0 Å². The summed E-state index contributed by atoms with van der Waals surface area (Å²) in [6.45, 7) is 0. The zero-order chi connectivity index (χ0) is 13.1. The molecule has 0 saturated heterocycles. The molecule has 2 N–H and O–H groups in total. The minimum absolute atomic E-state index is 0.265. The van der Waals surface area contributed by atoms with Crippen molar-refractivity contribution in [1.82, 2.24) is 0 Å². The van der Waals surface area contributed by atoms with E-state index in [1.807, 2.05) is 6.07 Å². The van der Waals surface area contributed by atoms with Gasteiger partial charge in [0.05, 0.1) is 0 Å². The molecule has 0 aliphatic heterocycles. The summed E-state index contributed by atoms with van der Waals surface area (Å²) in [5.74, 6) is -0.547. The quantitative estimate of drug-likeness (QED) is 0.829. The van der Waals surface area contributed by atoms with E-state index in [-0.39, 0.29) is 17.7 Å². The van der Waals surface area contributed by atoms with E-state index in [4.69, 9.17) is 5.73 Å². The van der Waals surface area contributed by atoms with Crippen LogP contribution in [-0.4, -0.2) is 0 Å². The topological polar surface area (TPSA) is 26.0 Å². The Balaban J connectivity index is 2.19. The molecule has 4 heteroatoms. The van der Waals surface area contributed by atoms with E-state index in [0.29, 0.717) is 6.42 Å². The Bertz CT molecular complexity index is 557. The monoisotopic (exact) mass is 359 g/mol. The lowest BCUT2D eigenvalue weighted by Gasteiger charge is -2.14. The largest absolute Gasteiger partial charge is 0.324 e. The average molecular weight is 359 g/mol. The molecule has 0 heterocycles. The molecule has 2 aromatic rings. The van der Waals surface area contributed by atoms with Gasteiger partial charge >= 0.3 is 0 Å². The molecule has 0 radical (unpaired) electrons. The Morgan fingerprint density at radius 2 is 1.78 bits per heavy atom. The van der Waals surface area contributed by atoms with Crippen LogP contribution in [0, 0.1) is 15.2 Å². The van der Waals surface area contributed by atoms with E-state index in [1.54, 1.807) is 12.1 Å². The van der Waals surface area contributed by atoms with Gasteiger partial charge in [-0.05, 0) is 64.4 Å². The first-order valence-electron chi connectivity index (χ1n) is 5.51. The third kappa shape index (κ3) is 3.26. The van der Waals surface area contributed by atoms with Gasteiger partial charge in [0.15, 0.2) is 0 Å². The summed E-state index contributed by atoms with van der Waals surface area (Å²) in [5.41, 5.74) is 7.79. The third-order valence-corrected chi connectivity index (χ3v) is 3.64. The number of hydrogen-bond donors (Lipinski definition) is 1. The predicted molar refractivity (Wildman–Crippen MR) is 76.1 cm³/mol. The molecule has 1 nitrogen and oxygen atoms in total. The maximum Gasteiger partial charge on any atom is 0.124 e. The fraction of sp³-hybridized carbons (Fsp3) is 0.143. The molecule has 0 amide bonds. The van der Waals surface area contributed by atoms with Gasteiger partial charge in [-0.1, -0.05) is 18.2 Å². The van der Waals surface area contributed by atoms with Gasteiger partial charge < -0.3 is 5.73 Å². The predicted octanol–water partition coefficient (Wildman–Crippen LogP) is 3.81. The highest BCUT2D eigenvalue weighted by atomic mass is 127. The van der Waals surface area contributed by atoms with Crippen LogP contribution in [0.15, 0.2) is 42.5 Å². The molecule has 0 fully saturated rings. The van der Waals surface area contributed by atoms with Crippen LogP contribution in [0.2, 0.25) is 0 Å². The van der Waals surface area contributed by atoms with Crippen LogP contribution in [0.3, 0.4) is 0 Å². The smallest absolute Gasteiger partial charge is 0.124 e. The second-order valence-electron chi connectivity index (χ2n) is 4.11. The fourth-order valence-corrected chi connectivity index (χ4v) is 2.71. The van der Waals surface area contributed by atoms with Crippen molar-refractivity contribution in [2.45, 2.75) is 12.5 Å². The maximum absolute atomic E-state index is 13.1. The molecule has 18 heavy (non-hydrogen) atoms. The molecule has 0 aliphatic carbocycles. The summed E-state index contributed by atoms with van der Waals surface area (Å²) >= 11 is 2.06. The number of halogens is 3. The van der Waals surface area contributed by atoms with E-state index < -0.39 is 0 Å². The van der Waals surface area contributed by atoms with Crippen LogP contribution in [-0.2, 0) is 6.42 Å². The van der Waals surface area contributed by atoms with Crippen molar-refractivity contribution in [3.63, 3.8) is 0 Å². The van der Waals surface area contributed by atoms with Crippen molar-refractivity contribution in [2.75, 3.05) is 0 Å². The standard InChI is InChI=1S/C14H12F2IN/c15-10-3-1-2-9(6-10)7-14(18)12-5-4-11(16)8-13(12)17/h1-6,8,14H,7,18H2. The molecule has 0 saturated carbocycles. The molecule has 0 aliphatic rings. The first-order valence-corrected chi connectivity index (χ1v) is 6.59. The normalized spacial score (nSPS) is 12.4. The highest BCUT2D eigenvalue weighted by Gasteiger charge is 2.11. The van der Waals surface area contributed by atoms with Crippen molar-refractivity contribution in [3.05, 3.63) is 68.8 Å². The third-order valence-electron chi connectivity index (χ3n) is 2.71. The summed E-state index contributed by atoms with van der Waals surface area (Å²) in [4.78, 5) is 0. The van der Waals surface area contributed by atoms with Crippen molar-refractivity contribution in [1.29, 1.82) is 0 Å². The van der Waals surface area contributed by atoms with E-state index >= 15 is 0 Å².